The number of carbonyl (C=O) groups is 4. The van der Waals surface area contributed by atoms with Crippen LogP contribution in [0.5, 0.6) is 11.5 Å². The van der Waals surface area contributed by atoms with E-state index in [1.165, 1.54) is 31.4 Å². The molecule has 11 nitrogen and oxygen atoms in total. The summed E-state index contributed by atoms with van der Waals surface area (Å²) in [5.41, 5.74) is 0.526. The molecule has 0 radical (unpaired) electrons. The van der Waals surface area contributed by atoms with Crippen molar-refractivity contribution < 1.29 is 38.9 Å². The topological polar surface area (TPSA) is 163 Å². The molecule has 2 aromatic carbocycles. The molecule has 0 aliphatic rings. The van der Waals surface area contributed by atoms with Crippen molar-refractivity contribution in [1.82, 2.24) is 16.0 Å². The standard InChI is InChI=1S/C29H39N3O8/c1-17(2)24(26(36)30-23(27(37)39-6)16-19-9-13-21(34)14-10-19)32-25(35)22(31-28(38)40-29(3,4)5)15-18-7-11-20(33)12-8-18/h7-14,17,22-24,33-34H,15-16H2,1-6H3,(H,30,36)(H,31,38)(H,32,35)/t22-,23-,24-/m0/s1. The van der Waals surface area contributed by atoms with Crippen molar-refractivity contribution in [2.75, 3.05) is 7.11 Å². The summed E-state index contributed by atoms with van der Waals surface area (Å²) in [6.45, 7) is 8.53. The number of phenols is 2. The third kappa shape index (κ3) is 10.5. The average Bonchev–Trinajstić information content (AvgIpc) is 2.87. The summed E-state index contributed by atoms with van der Waals surface area (Å²) < 4.78 is 10.2. The molecular formula is C29H39N3O8. The first-order chi connectivity index (χ1) is 18.7. The number of hydrogen-bond acceptors (Lipinski definition) is 8. The number of nitrogens with one attached hydrogen (secondary N) is 3. The van der Waals surface area contributed by atoms with Crippen LogP contribution in [0.1, 0.15) is 45.7 Å². The van der Waals surface area contributed by atoms with Gasteiger partial charge in [-0.1, -0.05) is 38.1 Å². The Balaban J connectivity index is 2.22. The first kappa shape index (κ1) is 31.9. The number of methoxy groups -OCH3 is 1. The van der Waals surface area contributed by atoms with Crippen LogP contribution in [0.15, 0.2) is 48.5 Å². The molecule has 2 aromatic rings. The lowest BCUT2D eigenvalue weighted by atomic mass is 9.99. The number of alkyl carbamates (subject to hydrolysis) is 1. The summed E-state index contributed by atoms with van der Waals surface area (Å²) in [5, 5.41) is 27.0. The first-order valence-corrected chi connectivity index (χ1v) is 12.9. The lowest BCUT2D eigenvalue weighted by molar-refractivity contribution is -0.145. The smallest absolute Gasteiger partial charge is 0.408 e. The van der Waals surface area contributed by atoms with Gasteiger partial charge in [-0.15, -0.1) is 0 Å². The van der Waals surface area contributed by atoms with E-state index in [4.69, 9.17) is 9.47 Å². The second kappa shape index (κ2) is 14.2. The van der Waals surface area contributed by atoms with E-state index in [2.05, 4.69) is 16.0 Å². The molecule has 2 rings (SSSR count). The molecule has 3 atom stereocenters. The van der Waals surface area contributed by atoms with Crippen molar-refractivity contribution in [3.8, 4) is 11.5 Å². The zero-order chi connectivity index (χ0) is 30.0. The molecule has 0 aliphatic heterocycles. The molecule has 40 heavy (non-hydrogen) atoms. The molecule has 0 fully saturated rings. The van der Waals surface area contributed by atoms with E-state index in [-0.39, 0.29) is 30.3 Å². The van der Waals surface area contributed by atoms with E-state index in [1.54, 1.807) is 58.9 Å². The van der Waals surface area contributed by atoms with Gasteiger partial charge in [0.15, 0.2) is 0 Å². The Bertz CT molecular complexity index is 1160. The lowest BCUT2D eigenvalue weighted by Gasteiger charge is -2.28. The second-order valence-corrected chi connectivity index (χ2v) is 10.8. The van der Waals surface area contributed by atoms with Crippen molar-refractivity contribution in [3.63, 3.8) is 0 Å². The maximum absolute atomic E-state index is 13.4. The number of phenolic OH excluding ortho intramolecular Hbond substituents is 2. The predicted octanol–water partition coefficient (Wildman–Crippen LogP) is 2.57. The Labute approximate surface area is 234 Å². The minimum absolute atomic E-state index is 0.0499. The number of carbonyl (C=O) groups excluding carboxylic acids is 4. The van der Waals surface area contributed by atoms with Crippen molar-refractivity contribution >= 4 is 23.9 Å². The molecule has 0 aromatic heterocycles. The van der Waals surface area contributed by atoms with Gasteiger partial charge in [-0.2, -0.15) is 0 Å². The van der Waals surface area contributed by atoms with Gasteiger partial charge in [0, 0.05) is 12.8 Å². The number of hydrogen-bond donors (Lipinski definition) is 5. The Morgan fingerprint density at radius 2 is 1.23 bits per heavy atom. The zero-order valence-electron chi connectivity index (χ0n) is 23.7. The highest BCUT2D eigenvalue weighted by atomic mass is 16.6. The largest absolute Gasteiger partial charge is 0.508 e. The SMILES string of the molecule is COC(=O)[C@H](Cc1ccc(O)cc1)NC(=O)[C@@H](NC(=O)[C@H](Cc1ccc(O)cc1)NC(=O)OC(C)(C)C)C(C)C. The molecule has 5 N–H and O–H groups in total. The van der Waals surface area contributed by atoms with Crippen molar-refractivity contribution in [1.29, 1.82) is 0 Å². The van der Waals surface area contributed by atoms with Gasteiger partial charge in [-0.3, -0.25) is 9.59 Å². The lowest BCUT2D eigenvalue weighted by Crippen LogP contribution is -2.58. The summed E-state index contributed by atoms with van der Waals surface area (Å²) in [5.74, 6) is -2.20. The molecule has 0 aliphatic carbocycles. The molecule has 0 bridgehead atoms. The molecule has 0 saturated heterocycles. The number of esters is 1. The molecule has 11 heteroatoms. The van der Waals surface area contributed by atoms with Crippen LogP contribution >= 0.6 is 0 Å². The van der Waals surface area contributed by atoms with Gasteiger partial charge in [0.05, 0.1) is 7.11 Å². The van der Waals surface area contributed by atoms with Crippen LogP contribution in [0.4, 0.5) is 4.79 Å². The minimum Gasteiger partial charge on any atom is -0.508 e. The van der Waals surface area contributed by atoms with Gasteiger partial charge in [0.1, 0.15) is 35.2 Å². The van der Waals surface area contributed by atoms with Gasteiger partial charge in [0.25, 0.3) is 0 Å². The maximum Gasteiger partial charge on any atom is 0.408 e. The maximum atomic E-state index is 13.4. The normalized spacial score (nSPS) is 13.5. The number of benzene rings is 2. The number of amides is 3. The van der Waals surface area contributed by atoms with Crippen molar-refractivity contribution in [3.05, 3.63) is 59.7 Å². The highest BCUT2D eigenvalue weighted by Crippen LogP contribution is 2.15. The summed E-state index contributed by atoms with van der Waals surface area (Å²) in [4.78, 5) is 51.7. The monoisotopic (exact) mass is 557 g/mol. The van der Waals surface area contributed by atoms with Gasteiger partial charge in [-0.05, 0) is 62.1 Å². The Hall–Kier alpha value is -4.28. The number of rotatable bonds is 11. The van der Waals surface area contributed by atoms with Crippen LogP contribution < -0.4 is 16.0 Å². The van der Waals surface area contributed by atoms with Crippen LogP contribution in [0.3, 0.4) is 0 Å². The third-order valence-corrected chi connectivity index (χ3v) is 5.81. The molecule has 218 valence electrons. The van der Waals surface area contributed by atoms with Gasteiger partial charge in [0.2, 0.25) is 11.8 Å². The fourth-order valence-electron chi connectivity index (χ4n) is 3.78. The van der Waals surface area contributed by atoms with E-state index < -0.39 is 47.6 Å². The molecule has 0 spiro atoms. The Morgan fingerprint density at radius 3 is 1.65 bits per heavy atom. The minimum atomic E-state index is -1.11. The summed E-state index contributed by atoms with van der Waals surface area (Å²) in [7, 11) is 1.20. The Morgan fingerprint density at radius 1 is 0.750 bits per heavy atom. The predicted molar refractivity (Wildman–Crippen MR) is 147 cm³/mol. The van der Waals surface area contributed by atoms with Crippen LogP contribution in [0, 0.1) is 5.92 Å². The van der Waals surface area contributed by atoms with E-state index in [1.807, 2.05) is 0 Å². The summed E-state index contributed by atoms with van der Waals surface area (Å²) in [6, 6.07) is 9.12. The summed E-state index contributed by atoms with van der Waals surface area (Å²) >= 11 is 0. The fourth-order valence-corrected chi connectivity index (χ4v) is 3.78. The van der Waals surface area contributed by atoms with Gasteiger partial charge in [-0.25, -0.2) is 9.59 Å². The van der Waals surface area contributed by atoms with Crippen LogP contribution in [-0.2, 0) is 36.7 Å². The highest BCUT2D eigenvalue weighted by molar-refractivity contribution is 5.93. The summed E-state index contributed by atoms with van der Waals surface area (Å²) in [6.07, 6.45) is -0.651. The molecular weight excluding hydrogens is 518 g/mol. The zero-order valence-corrected chi connectivity index (χ0v) is 23.7. The van der Waals surface area contributed by atoms with Crippen molar-refractivity contribution in [2.45, 2.75) is 71.2 Å². The number of ether oxygens (including phenoxy) is 2. The van der Waals surface area contributed by atoms with Crippen LogP contribution in [0.2, 0.25) is 0 Å². The van der Waals surface area contributed by atoms with Gasteiger partial charge >= 0.3 is 12.1 Å². The van der Waals surface area contributed by atoms with E-state index in [0.29, 0.717) is 11.1 Å². The van der Waals surface area contributed by atoms with E-state index in [9.17, 15) is 29.4 Å². The van der Waals surface area contributed by atoms with Crippen molar-refractivity contribution in [2.24, 2.45) is 5.92 Å². The number of aromatic hydroxyl groups is 2. The molecule has 0 unspecified atom stereocenters. The fraction of sp³-hybridized carbons (Fsp3) is 0.448. The highest BCUT2D eigenvalue weighted by Gasteiger charge is 2.32. The van der Waals surface area contributed by atoms with Crippen LogP contribution in [-0.4, -0.2) is 64.9 Å². The van der Waals surface area contributed by atoms with E-state index >= 15 is 0 Å². The Kier molecular flexibility index (Phi) is 11.3. The first-order valence-electron chi connectivity index (χ1n) is 12.9. The van der Waals surface area contributed by atoms with Gasteiger partial charge < -0.3 is 35.6 Å². The average molecular weight is 558 g/mol. The molecule has 3 amide bonds. The van der Waals surface area contributed by atoms with E-state index in [0.717, 1.165) is 0 Å². The molecule has 0 heterocycles. The second-order valence-electron chi connectivity index (χ2n) is 10.8. The van der Waals surface area contributed by atoms with Crippen LogP contribution in [0.25, 0.3) is 0 Å². The third-order valence-electron chi connectivity index (χ3n) is 5.81. The quantitative estimate of drug-likeness (QED) is 0.263. The molecule has 0 saturated carbocycles.